The summed E-state index contributed by atoms with van der Waals surface area (Å²) in [6.07, 6.45) is 2.20. The number of hydrogen-bond donors (Lipinski definition) is 0. The maximum Gasteiger partial charge on any atom is 0.316 e. The Morgan fingerprint density at radius 2 is 1.91 bits per heavy atom. The van der Waals surface area contributed by atoms with E-state index in [1.54, 1.807) is 12.1 Å². The van der Waals surface area contributed by atoms with Crippen molar-refractivity contribution in [3.05, 3.63) is 48.1 Å². The van der Waals surface area contributed by atoms with Gasteiger partial charge in [-0.1, -0.05) is 0 Å². The summed E-state index contributed by atoms with van der Waals surface area (Å²) in [6.45, 7) is 1.43. The normalized spacial score (nSPS) is 12.1. The minimum atomic E-state index is -1.33. The van der Waals surface area contributed by atoms with E-state index in [0.717, 1.165) is 12.4 Å². The molecule has 0 aliphatic carbocycles. The second-order valence-electron chi connectivity index (χ2n) is 4.57. The lowest BCUT2D eigenvalue weighted by Crippen LogP contribution is -2.01. The zero-order chi connectivity index (χ0) is 16.2. The van der Waals surface area contributed by atoms with Crippen LogP contribution in [0.25, 0.3) is 11.5 Å². The van der Waals surface area contributed by atoms with Gasteiger partial charge in [-0.25, -0.2) is 18.7 Å². The highest BCUT2D eigenvalue weighted by molar-refractivity contribution is 5.50. The van der Waals surface area contributed by atoms with Crippen molar-refractivity contribution in [1.29, 1.82) is 0 Å². The molecular formula is C14H11F2N5O2. The fourth-order valence-corrected chi connectivity index (χ4v) is 1.66. The highest BCUT2D eigenvalue weighted by Crippen LogP contribution is 2.21. The maximum absolute atomic E-state index is 13.0. The third-order valence-corrected chi connectivity index (χ3v) is 2.80. The molecule has 3 rings (SSSR count). The van der Waals surface area contributed by atoms with Gasteiger partial charge in [0.05, 0.1) is 23.7 Å². The molecule has 0 fully saturated rings. The summed E-state index contributed by atoms with van der Waals surface area (Å²) in [4.78, 5) is 11.5. The summed E-state index contributed by atoms with van der Waals surface area (Å²) >= 11 is 0. The van der Waals surface area contributed by atoms with Gasteiger partial charge >= 0.3 is 6.01 Å². The first kappa shape index (κ1) is 14.9. The third kappa shape index (κ3) is 3.62. The SMILES string of the molecule is CC(F)c1nnc(-c2ccc(COc3ncc(F)cn3)nc2)o1. The van der Waals surface area contributed by atoms with Crippen LogP contribution in [-0.4, -0.2) is 25.1 Å². The Balaban J connectivity index is 1.65. The van der Waals surface area contributed by atoms with E-state index < -0.39 is 12.0 Å². The van der Waals surface area contributed by atoms with Crippen LogP contribution in [0.4, 0.5) is 8.78 Å². The van der Waals surface area contributed by atoms with Crippen LogP contribution in [0.15, 0.2) is 35.1 Å². The molecule has 0 radical (unpaired) electrons. The smallest absolute Gasteiger partial charge is 0.316 e. The highest BCUT2D eigenvalue weighted by Gasteiger charge is 2.14. The number of alkyl halides is 1. The Hall–Kier alpha value is -2.97. The first-order valence-electron chi connectivity index (χ1n) is 6.65. The van der Waals surface area contributed by atoms with Crippen molar-refractivity contribution in [2.75, 3.05) is 0 Å². The van der Waals surface area contributed by atoms with E-state index in [1.807, 2.05) is 0 Å². The van der Waals surface area contributed by atoms with E-state index in [1.165, 1.54) is 13.1 Å². The molecule has 0 N–H and O–H groups in total. The van der Waals surface area contributed by atoms with Crippen LogP contribution in [0, 0.1) is 5.82 Å². The monoisotopic (exact) mass is 319 g/mol. The van der Waals surface area contributed by atoms with Crippen LogP contribution < -0.4 is 4.74 Å². The Morgan fingerprint density at radius 1 is 1.13 bits per heavy atom. The topological polar surface area (TPSA) is 86.8 Å². The molecule has 0 aromatic carbocycles. The summed E-state index contributed by atoms with van der Waals surface area (Å²) in [5.74, 6) is -0.437. The van der Waals surface area contributed by atoms with Gasteiger partial charge in [0.25, 0.3) is 5.89 Å². The second-order valence-corrected chi connectivity index (χ2v) is 4.57. The molecule has 7 nitrogen and oxygen atoms in total. The van der Waals surface area contributed by atoms with Crippen LogP contribution in [0.3, 0.4) is 0 Å². The van der Waals surface area contributed by atoms with Gasteiger partial charge in [-0.05, 0) is 19.1 Å². The van der Waals surface area contributed by atoms with Crippen LogP contribution in [-0.2, 0) is 6.61 Å². The standard InChI is InChI=1S/C14H11F2N5O2/c1-8(15)12-20-21-13(23-12)9-2-3-11(17-4-9)7-22-14-18-5-10(16)6-19-14/h2-6,8H,7H2,1H3. The molecule has 3 aromatic rings. The van der Waals surface area contributed by atoms with Crippen LogP contribution in [0.1, 0.15) is 24.7 Å². The molecule has 3 heterocycles. The van der Waals surface area contributed by atoms with E-state index in [-0.39, 0.29) is 24.4 Å². The van der Waals surface area contributed by atoms with Crippen LogP contribution in [0.2, 0.25) is 0 Å². The Labute approximate surface area is 129 Å². The number of ether oxygens (including phenoxy) is 1. The van der Waals surface area contributed by atoms with Crippen molar-refractivity contribution in [3.8, 4) is 17.5 Å². The molecule has 0 bridgehead atoms. The van der Waals surface area contributed by atoms with Gasteiger partial charge in [-0.15, -0.1) is 10.2 Å². The van der Waals surface area contributed by atoms with E-state index >= 15 is 0 Å². The van der Waals surface area contributed by atoms with Gasteiger partial charge in [0, 0.05) is 6.20 Å². The Kier molecular flexibility index (Phi) is 4.18. The number of pyridine rings is 1. The number of rotatable bonds is 5. The Morgan fingerprint density at radius 3 is 2.52 bits per heavy atom. The van der Waals surface area contributed by atoms with Crippen molar-refractivity contribution in [3.63, 3.8) is 0 Å². The molecule has 0 spiro atoms. The van der Waals surface area contributed by atoms with Crippen molar-refractivity contribution in [2.45, 2.75) is 19.7 Å². The number of nitrogens with zero attached hydrogens (tertiary/aromatic N) is 5. The quantitative estimate of drug-likeness (QED) is 0.714. The molecular weight excluding hydrogens is 308 g/mol. The average Bonchev–Trinajstić information content (AvgIpc) is 3.05. The van der Waals surface area contributed by atoms with Crippen LogP contribution in [0.5, 0.6) is 6.01 Å². The summed E-state index contributed by atoms with van der Waals surface area (Å²) < 4.78 is 36.2. The first-order valence-corrected chi connectivity index (χ1v) is 6.65. The minimum Gasteiger partial charge on any atom is -0.457 e. The van der Waals surface area contributed by atoms with E-state index in [9.17, 15) is 8.78 Å². The molecule has 0 aliphatic rings. The predicted molar refractivity (Wildman–Crippen MR) is 73.4 cm³/mol. The summed E-state index contributed by atoms with van der Waals surface area (Å²) in [5, 5.41) is 7.36. The highest BCUT2D eigenvalue weighted by atomic mass is 19.1. The fraction of sp³-hybridized carbons (Fsp3) is 0.214. The number of halogens is 2. The molecule has 9 heteroatoms. The second kappa shape index (κ2) is 6.42. The summed E-state index contributed by atoms with van der Waals surface area (Å²) in [6, 6.07) is 3.43. The lowest BCUT2D eigenvalue weighted by molar-refractivity contribution is 0.275. The molecule has 0 amide bonds. The molecule has 118 valence electrons. The maximum atomic E-state index is 13.0. The average molecular weight is 319 g/mol. The molecule has 0 aliphatic heterocycles. The van der Waals surface area contributed by atoms with Crippen molar-refractivity contribution in [1.82, 2.24) is 25.1 Å². The molecule has 0 saturated heterocycles. The predicted octanol–water partition coefficient (Wildman–Crippen LogP) is 2.67. The van der Waals surface area contributed by atoms with Crippen LogP contribution >= 0.6 is 0 Å². The van der Waals surface area contributed by atoms with E-state index in [2.05, 4.69) is 25.1 Å². The summed E-state index contributed by atoms with van der Waals surface area (Å²) in [5.41, 5.74) is 1.16. The van der Waals surface area contributed by atoms with Crippen molar-refractivity contribution in [2.24, 2.45) is 0 Å². The molecule has 23 heavy (non-hydrogen) atoms. The van der Waals surface area contributed by atoms with Gasteiger partial charge in [-0.3, -0.25) is 4.98 Å². The molecule has 1 atom stereocenters. The zero-order valence-electron chi connectivity index (χ0n) is 12.0. The van der Waals surface area contributed by atoms with E-state index in [4.69, 9.17) is 9.15 Å². The largest absolute Gasteiger partial charge is 0.457 e. The zero-order valence-corrected chi connectivity index (χ0v) is 12.0. The lowest BCUT2D eigenvalue weighted by Gasteiger charge is -2.03. The molecule has 0 saturated carbocycles. The lowest BCUT2D eigenvalue weighted by atomic mass is 10.2. The minimum absolute atomic E-state index is 0.0516. The molecule has 3 aromatic heterocycles. The Bertz CT molecular complexity index is 775. The van der Waals surface area contributed by atoms with E-state index in [0.29, 0.717) is 11.3 Å². The van der Waals surface area contributed by atoms with Gasteiger partial charge in [0.1, 0.15) is 6.61 Å². The van der Waals surface area contributed by atoms with Crippen molar-refractivity contribution >= 4 is 0 Å². The fourth-order valence-electron chi connectivity index (χ4n) is 1.66. The van der Waals surface area contributed by atoms with Gasteiger partial charge in [0.2, 0.25) is 5.89 Å². The number of hydrogen-bond acceptors (Lipinski definition) is 7. The molecule has 1 unspecified atom stereocenters. The van der Waals surface area contributed by atoms with Gasteiger partial charge in [0.15, 0.2) is 12.0 Å². The number of aromatic nitrogens is 5. The third-order valence-electron chi connectivity index (χ3n) is 2.80. The first-order chi connectivity index (χ1) is 11.1. The van der Waals surface area contributed by atoms with Crippen molar-refractivity contribution < 1.29 is 17.9 Å². The summed E-state index contributed by atoms with van der Waals surface area (Å²) in [7, 11) is 0. The van der Waals surface area contributed by atoms with Gasteiger partial charge < -0.3 is 9.15 Å². The van der Waals surface area contributed by atoms with Gasteiger partial charge in [-0.2, -0.15) is 0 Å².